The topological polar surface area (TPSA) is 143 Å². The number of nitrogens with zero attached hydrogens (tertiary/aromatic N) is 2. The zero-order valence-electron chi connectivity index (χ0n) is 30.5. The first-order valence-corrected chi connectivity index (χ1v) is 19.6. The summed E-state index contributed by atoms with van der Waals surface area (Å²) < 4.78 is 13.3. The van der Waals surface area contributed by atoms with Gasteiger partial charge in [-0.2, -0.15) is 0 Å². The highest BCUT2D eigenvalue weighted by Gasteiger charge is 2.39. The van der Waals surface area contributed by atoms with Crippen LogP contribution in [-0.4, -0.2) is 77.3 Å². The molecule has 278 valence electrons. The van der Waals surface area contributed by atoms with Gasteiger partial charge in [-0.25, -0.2) is 4.98 Å². The molecule has 3 atom stereocenters. The highest BCUT2D eigenvalue weighted by Crippen LogP contribution is 2.32. The van der Waals surface area contributed by atoms with Crippen molar-refractivity contribution >= 4 is 52.4 Å². The number of carbonyl (C=O) groups is 3. The van der Waals surface area contributed by atoms with E-state index in [0.717, 1.165) is 83.4 Å². The minimum absolute atomic E-state index is 0.00389. The van der Waals surface area contributed by atoms with Gasteiger partial charge in [0, 0.05) is 46.8 Å². The van der Waals surface area contributed by atoms with Crippen molar-refractivity contribution in [3.63, 3.8) is 0 Å². The number of ether oxygens (including phenoxy) is 2. The summed E-state index contributed by atoms with van der Waals surface area (Å²) in [5, 5.41) is 7.31. The molecule has 13 heteroatoms. The number of unbranched alkanes of at least 4 members (excludes halogenated alkanes) is 2. The zero-order chi connectivity index (χ0) is 36.9. The maximum absolute atomic E-state index is 12.4. The summed E-state index contributed by atoms with van der Waals surface area (Å²) in [5.74, 6) is 1.66. The third-order valence-electron chi connectivity index (χ3n) is 9.07. The molecular weight excluding hydrogens is 687 g/mol. The molecule has 3 unspecified atom stereocenters. The van der Waals surface area contributed by atoms with Gasteiger partial charge in [0.2, 0.25) is 18.2 Å². The van der Waals surface area contributed by atoms with Gasteiger partial charge in [0.25, 0.3) is 0 Å². The lowest BCUT2D eigenvalue weighted by Gasteiger charge is -2.24. The number of fused-ring (bicyclic) bond motifs is 1. The monoisotopic (exact) mass is 739 g/mol. The van der Waals surface area contributed by atoms with E-state index >= 15 is 0 Å². The van der Waals surface area contributed by atoms with Gasteiger partial charge in [0.1, 0.15) is 23.4 Å². The van der Waals surface area contributed by atoms with Gasteiger partial charge < -0.3 is 29.4 Å². The van der Waals surface area contributed by atoms with E-state index in [1.54, 1.807) is 35.5 Å². The molecule has 3 heterocycles. The molecular formula is C38H53N5O6S2. The van der Waals surface area contributed by atoms with Crippen molar-refractivity contribution in [3.8, 4) is 16.5 Å². The molecule has 1 saturated heterocycles. The number of pyridine rings is 1. The van der Waals surface area contributed by atoms with Crippen LogP contribution in [0.1, 0.15) is 89.3 Å². The molecule has 3 aliphatic rings. The summed E-state index contributed by atoms with van der Waals surface area (Å²) in [5.41, 5.74) is 3.53. The summed E-state index contributed by atoms with van der Waals surface area (Å²) in [6, 6.07) is 5.26. The third-order valence-corrected chi connectivity index (χ3v) is 11.0. The first-order chi connectivity index (χ1) is 24.6. The number of H-pyrrole nitrogens is 1. The van der Waals surface area contributed by atoms with E-state index in [-0.39, 0.29) is 29.9 Å². The predicted molar refractivity (Wildman–Crippen MR) is 206 cm³/mol. The van der Waals surface area contributed by atoms with E-state index in [0.29, 0.717) is 36.4 Å². The minimum Gasteiger partial charge on any atom is -0.496 e. The number of nitrogens with one attached hydrogen (secondary N) is 3. The minimum atomic E-state index is -0.301. The fourth-order valence-corrected chi connectivity index (χ4v) is 7.21. The first kappa shape index (κ1) is 40.1. The molecule has 2 aliphatic carbocycles. The van der Waals surface area contributed by atoms with Crippen molar-refractivity contribution < 1.29 is 23.9 Å². The number of methoxy groups -OCH3 is 1. The van der Waals surface area contributed by atoms with Crippen molar-refractivity contribution in [2.45, 2.75) is 102 Å². The number of aromatic nitrogens is 2. The van der Waals surface area contributed by atoms with Crippen molar-refractivity contribution in [1.82, 2.24) is 24.9 Å². The summed E-state index contributed by atoms with van der Waals surface area (Å²) >= 11 is 3.08. The Labute approximate surface area is 309 Å². The van der Waals surface area contributed by atoms with Crippen LogP contribution in [0.5, 0.6) is 5.75 Å². The average Bonchev–Trinajstić information content (AvgIpc) is 3.93. The van der Waals surface area contributed by atoms with Crippen LogP contribution in [0.2, 0.25) is 0 Å². The molecule has 2 saturated carbocycles. The van der Waals surface area contributed by atoms with E-state index < -0.39 is 0 Å². The quantitative estimate of drug-likeness (QED) is 0.0694. The summed E-state index contributed by atoms with van der Waals surface area (Å²) in [6.07, 6.45) is 10.8. The molecule has 51 heavy (non-hydrogen) atoms. The molecule has 0 spiro atoms. The molecule has 6 rings (SSSR count). The fraction of sp³-hybridized carbons (Fsp3) is 0.553. The number of hydrogen-bond acceptors (Lipinski definition) is 9. The second kappa shape index (κ2) is 19.8. The lowest BCUT2D eigenvalue weighted by molar-refractivity contribution is -0.142. The van der Waals surface area contributed by atoms with Gasteiger partial charge in [0.15, 0.2) is 5.43 Å². The van der Waals surface area contributed by atoms with Crippen molar-refractivity contribution in [3.05, 3.63) is 57.7 Å². The molecule has 2 aromatic heterocycles. The maximum atomic E-state index is 12.4. The van der Waals surface area contributed by atoms with Crippen LogP contribution in [0.15, 0.2) is 41.0 Å². The number of aromatic amines is 1. The summed E-state index contributed by atoms with van der Waals surface area (Å²) in [6.45, 7) is 13.3. The van der Waals surface area contributed by atoms with Crippen LogP contribution in [0.25, 0.3) is 21.6 Å². The lowest BCUT2D eigenvalue weighted by atomic mass is 10.1. The molecule has 3 fully saturated rings. The molecule has 0 bridgehead atoms. The number of likely N-dealkylation sites (tertiary alicyclic amines) is 1. The average molecular weight is 740 g/mol. The Hall–Kier alpha value is -3.68. The van der Waals surface area contributed by atoms with Crippen LogP contribution >= 0.6 is 23.3 Å². The van der Waals surface area contributed by atoms with Gasteiger partial charge in [-0.1, -0.05) is 26.8 Å². The Morgan fingerprint density at radius 2 is 2.00 bits per heavy atom. The van der Waals surface area contributed by atoms with Gasteiger partial charge in [0.05, 0.1) is 24.0 Å². The highest BCUT2D eigenvalue weighted by molar-refractivity contribution is 7.98. The number of rotatable bonds is 15. The second-order valence-electron chi connectivity index (χ2n) is 13.6. The van der Waals surface area contributed by atoms with E-state index in [4.69, 9.17) is 9.47 Å². The molecule has 3 N–H and O–H groups in total. The molecule has 3 aromatic rings. The van der Waals surface area contributed by atoms with Crippen molar-refractivity contribution in [2.75, 3.05) is 26.9 Å². The smallest absolute Gasteiger partial charge is 0.249 e. The maximum Gasteiger partial charge on any atom is 0.249 e. The highest BCUT2D eigenvalue weighted by atomic mass is 32.2. The Morgan fingerprint density at radius 3 is 2.63 bits per heavy atom. The predicted octanol–water partition coefficient (Wildman–Crippen LogP) is 6.51. The standard InChI is InChI=1S/C17H28N2O3.C17H18N2O2S.C4H7NOS/c1-3-4-5-6-10-22-12-16(20)19-9-7-8-15(19)17(21)18-14-11-13(14)2;1-9(2)13-8-22-17(19-13)12-7-14(20)11-5-6-15(21-4)10(3)16(11)18-12;6-3-5-7-4-1-2-4/h3,13-15H,1,4-12H2,2H3,(H,18,21);5-9H,1-4H3,(H,18,20);3-4H,1-2H2,(H,5,6). The zero-order valence-corrected chi connectivity index (χ0v) is 32.1. The van der Waals surface area contributed by atoms with Crippen molar-refractivity contribution in [2.24, 2.45) is 5.92 Å². The third kappa shape index (κ3) is 11.9. The number of hydrogen-bond donors (Lipinski definition) is 3. The molecule has 1 aromatic carbocycles. The number of thiazole rings is 1. The normalized spacial score (nSPS) is 19.0. The van der Waals surface area contributed by atoms with Gasteiger partial charge >= 0.3 is 0 Å². The van der Waals surface area contributed by atoms with Crippen LogP contribution in [-0.2, 0) is 19.1 Å². The number of aryl methyl sites for hydroxylation is 1. The lowest BCUT2D eigenvalue weighted by Crippen LogP contribution is -2.47. The van der Waals surface area contributed by atoms with Gasteiger partial charge in [-0.15, -0.1) is 17.9 Å². The van der Waals surface area contributed by atoms with Crippen LogP contribution < -0.4 is 20.2 Å². The Bertz CT molecular complexity index is 1690. The molecule has 3 amide bonds. The SMILES string of the molecule is C=CCCCCOCC(=O)N1CCCC1C(=O)NC1CC1C.COc1ccc2c(=O)cc(-c3nc(C(C)C)cs3)[nH]c2c1C.O=CNSC1CC1. The van der Waals surface area contributed by atoms with E-state index in [1.165, 1.54) is 24.8 Å². The summed E-state index contributed by atoms with van der Waals surface area (Å²) in [4.78, 5) is 56.1. The number of benzene rings is 1. The fourth-order valence-electron chi connectivity index (χ4n) is 5.63. The van der Waals surface area contributed by atoms with Crippen LogP contribution in [0.3, 0.4) is 0 Å². The molecule has 0 radical (unpaired) electrons. The van der Waals surface area contributed by atoms with E-state index in [2.05, 4.69) is 47.4 Å². The molecule has 11 nitrogen and oxygen atoms in total. The number of carbonyl (C=O) groups excluding carboxylic acids is 3. The Kier molecular flexibility index (Phi) is 15.6. The van der Waals surface area contributed by atoms with Crippen LogP contribution in [0.4, 0.5) is 0 Å². The van der Waals surface area contributed by atoms with Crippen molar-refractivity contribution in [1.29, 1.82) is 0 Å². The second-order valence-corrected chi connectivity index (χ2v) is 15.6. The number of allylic oxidation sites excluding steroid dienone is 1. The van der Waals surface area contributed by atoms with Gasteiger partial charge in [-0.3, -0.25) is 19.2 Å². The van der Waals surface area contributed by atoms with Gasteiger partial charge in [-0.05, 0) is 94.2 Å². The Morgan fingerprint density at radius 1 is 1.24 bits per heavy atom. The Balaban J connectivity index is 0.000000192. The first-order valence-electron chi connectivity index (χ1n) is 17.9. The van der Waals surface area contributed by atoms with E-state index in [9.17, 15) is 19.2 Å². The summed E-state index contributed by atoms with van der Waals surface area (Å²) in [7, 11) is 1.63. The van der Waals surface area contributed by atoms with E-state index in [1.807, 2.05) is 24.4 Å². The molecule has 1 aliphatic heterocycles. The van der Waals surface area contributed by atoms with Crippen LogP contribution in [0, 0.1) is 12.8 Å². The largest absolute Gasteiger partial charge is 0.496 e. The number of amides is 3.